The molecule has 7 nitrogen and oxygen atoms in total. The van der Waals surface area contributed by atoms with Crippen molar-refractivity contribution in [2.75, 3.05) is 10.6 Å². The number of carbonyl (C=O) groups is 1. The predicted molar refractivity (Wildman–Crippen MR) is 129 cm³/mol. The van der Waals surface area contributed by atoms with Gasteiger partial charge in [-0.15, -0.1) is 21.5 Å². The van der Waals surface area contributed by atoms with Gasteiger partial charge in [0.15, 0.2) is 11.5 Å². The van der Waals surface area contributed by atoms with E-state index in [2.05, 4.69) is 20.8 Å². The Morgan fingerprint density at radius 3 is 2.50 bits per heavy atom. The van der Waals surface area contributed by atoms with Crippen molar-refractivity contribution in [1.82, 2.24) is 19.8 Å². The van der Waals surface area contributed by atoms with Gasteiger partial charge in [-0.3, -0.25) is 0 Å². The van der Waals surface area contributed by atoms with Crippen LogP contribution in [0, 0.1) is 0 Å². The summed E-state index contributed by atoms with van der Waals surface area (Å²) in [5.74, 6) is 0.687. The van der Waals surface area contributed by atoms with Gasteiger partial charge in [-0.25, -0.2) is 4.79 Å². The summed E-state index contributed by atoms with van der Waals surface area (Å²) in [6.07, 6.45) is 0. The van der Waals surface area contributed by atoms with E-state index in [-0.39, 0.29) is 0 Å². The summed E-state index contributed by atoms with van der Waals surface area (Å²) in [6.45, 7) is 0. The normalized spacial score (nSPS) is 10.9. The minimum absolute atomic E-state index is 0.365. The van der Waals surface area contributed by atoms with Gasteiger partial charge in [0.2, 0.25) is 0 Å². The molecule has 10 heteroatoms. The lowest BCUT2D eigenvalue weighted by atomic mass is 10.1. The van der Waals surface area contributed by atoms with Crippen molar-refractivity contribution in [3.05, 3.63) is 82.2 Å². The lowest BCUT2D eigenvalue weighted by Crippen LogP contribution is -2.19. The fourth-order valence-electron chi connectivity index (χ4n) is 3.13. The van der Waals surface area contributed by atoms with Gasteiger partial charge in [0.1, 0.15) is 0 Å². The molecule has 158 valence electrons. The van der Waals surface area contributed by atoms with Crippen molar-refractivity contribution < 1.29 is 4.79 Å². The number of fused-ring (bicyclic) bond motifs is 1. The molecule has 0 aliphatic carbocycles. The zero-order valence-corrected chi connectivity index (χ0v) is 18.6. The van der Waals surface area contributed by atoms with Crippen molar-refractivity contribution in [2.24, 2.45) is 0 Å². The summed E-state index contributed by atoms with van der Waals surface area (Å²) < 4.78 is 1.72. The number of thiophene rings is 1. The maximum absolute atomic E-state index is 12.4. The Morgan fingerprint density at radius 2 is 1.72 bits per heavy atom. The molecule has 0 fully saturated rings. The van der Waals surface area contributed by atoms with Gasteiger partial charge in [0.05, 0.1) is 20.6 Å². The number of nitrogens with one attached hydrogen (secondary N) is 2. The monoisotopic (exact) mass is 480 g/mol. The first kappa shape index (κ1) is 20.4. The molecule has 2 amide bonds. The highest BCUT2D eigenvalue weighted by atomic mass is 35.5. The molecule has 0 radical (unpaired) electrons. The largest absolute Gasteiger partial charge is 0.323 e. The molecular weight excluding hydrogens is 467 g/mol. The van der Waals surface area contributed by atoms with E-state index in [4.69, 9.17) is 28.3 Å². The van der Waals surface area contributed by atoms with Crippen molar-refractivity contribution >= 4 is 57.6 Å². The third-order valence-corrected chi connectivity index (χ3v) is 6.20. The van der Waals surface area contributed by atoms with Crippen molar-refractivity contribution in [2.45, 2.75) is 0 Å². The molecule has 0 unspecified atom stereocenters. The standard InChI is InChI=1S/C22H14Cl2N6OS/c23-16-7-6-15(12-17(16)24)26-22(31)25-14-4-1-3-13(11-14)18-8-9-20-27-28-21(30(20)29-18)19-5-2-10-32-19/h1-12H,(H2,25,26,31). The smallest absolute Gasteiger partial charge is 0.308 e. The molecule has 0 aliphatic heterocycles. The zero-order chi connectivity index (χ0) is 22.1. The lowest BCUT2D eigenvalue weighted by Gasteiger charge is -2.10. The van der Waals surface area contributed by atoms with Crippen LogP contribution in [0.25, 0.3) is 27.6 Å². The van der Waals surface area contributed by atoms with E-state index >= 15 is 0 Å². The molecule has 0 atom stereocenters. The van der Waals surface area contributed by atoms with Gasteiger partial charge in [0.25, 0.3) is 0 Å². The minimum atomic E-state index is -0.400. The molecule has 0 spiro atoms. The lowest BCUT2D eigenvalue weighted by molar-refractivity contribution is 0.262. The first-order valence-electron chi connectivity index (χ1n) is 9.47. The summed E-state index contributed by atoms with van der Waals surface area (Å²) in [5, 5.41) is 21.5. The number of aromatic nitrogens is 4. The molecule has 3 heterocycles. The first-order valence-corrected chi connectivity index (χ1v) is 11.1. The van der Waals surface area contributed by atoms with Crippen LogP contribution in [0.3, 0.4) is 0 Å². The van der Waals surface area contributed by atoms with Crippen LogP contribution in [0.2, 0.25) is 10.0 Å². The van der Waals surface area contributed by atoms with Crippen molar-refractivity contribution in [1.29, 1.82) is 0 Å². The Labute approximate surface area is 196 Å². The van der Waals surface area contributed by atoms with Gasteiger partial charge in [-0.2, -0.15) is 9.61 Å². The number of halogens is 2. The Morgan fingerprint density at radius 1 is 0.875 bits per heavy atom. The number of carbonyl (C=O) groups excluding carboxylic acids is 1. The Bertz CT molecular complexity index is 1430. The molecule has 0 saturated carbocycles. The maximum Gasteiger partial charge on any atom is 0.323 e. The molecule has 2 N–H and O–H groups in total. The van der Waals surface area contributed by atoms with E-state index in [9.17, 15) is 4.79 Å². The molecule has 0 aliphatic rings. The Hall–Kier alpha value is -3.46. The van der Waals surface area contributed by atoms with E-state index in [1.807, 2.05) is 47.8 Å². The second-order valence-corrected chi connectivity index (χ2v) is 8.54. The van der Waals surface area contributed by atoms with E-state index in [0.717, 1.165) is 16.1 Å². The quantitative estimate of drug-likeness (QED) is 0.308. The number of rotatable bonds is 4. The van der Waals surface area contributed by atoms with Gasteiger partial charge in [-0.1, -0.05) is 41.4 Å². The van der Waals surface area contributed by atoms with Crippen LogP contribution in [0.4, 0.5) is 16.2 Å². The average molecular weight is 481 g/mol. The van der Waals surface area contributed by atoms with Crippen LogP contribution in [-0.2, 0) is 0 Å². The topological polar surface area (TPSA) is 84.2 Å². The Kier molecular flexibility index (Phi) is 5.48. The fourth-order valence-corrected chi connectivity index (χ4v) is 4.12. The summed E-state index contributed by atoms with van der Waals surface area (Å²) in [7, 11) is 0. The van der Waals surface area contributed by atoms with E-state index in [1.54, 1.807) is 40.1 Å². The minimum Gasteiger partial charge on any atom is -0.308 e. The molecule has 0 bridgehead atoms. The highest BCUT2D eigenvalue weighted by Crippen LogP contribution is 2.27. The number of anilines is 2. The number of hydrogen-bond acceptors (Lipinski definition) is 5. The average Bonchev–Trinajstić information content (AvgIpc) is 3.45. The van der Waals surface area contributed by atoms with Gasteiger partial charge in [-0.05, 0) is 53.9 Å². The summed E-state index contributed by atoms with van der Waals surface area (Å²) in [4.78, 5) is 13.4. The van der Waals surface area contributed by atoms with Gasteiger partial charge >= 0.3 is 6.03 Å². The third kappa shape index (κ3) is 4.16. The molecule has 5 aromatic rings. The SMILES string of the molecule is O=C(Nc1cccc(-c2ccc3nnc(-c4cccs4)n3n2)c1)Nc1ccc(Cl)c(Cl)c1. The van der Waals surface area contributed by atoms with Crippen LogP contribution in [0.5, 0.6) is 0 Å². The van der Waals surface area contributed by atoms with Crippen molar-refractivity contribution in [3.63, 3.8) is 0 Å². The number of hydrogen-bond donors (Lipinski definition) is 2. The molecule has 5 rings (SSSR count). The predicted octanol–water partition coefficient (Wildman–Crippen LogP) is 6.47. The molecule has 3 aromatic heterocycles. The number of benzene rings is 2. The summed E-state index contributed by atoms with van der Waals surface area (Å²) in [6, 6.07) is 19.6. The van der Waals surface area contributed by atoms with E-state index in [0.29, 0.717) is 32.9 Å². The highest BCUT2D eigenvalue weighted by molar-refractivity contribution is 7.13. The highest BCUT2D eigenvalue weighted by Gasteiger charge is 2.12. The maximum atomic E-state index is 12.4. The number of amides is 2. The number of nitrogens with zero attached hydrogens (tertiary/aromatic N) is 4. The van der Waals surface area contributed by atoms with E-state index < -0.39 is 6.03 Å². The van der Waals surface area contributed by atoms with Crippen LogP contribution in [0.1, 0.15) is 0 Å². The molecular formula is C22H14Cl2N6OS. The zero-order valence-electron chi connectivity index (χ0n) is 16.3. The Balaban J connectivity index is 1.39. The second kappa shape index (κ2) is 8.58. The third-order valence-electron chi connectivity index (χ3n) is 4.60. The van der Waals surface area contributed by atoms with Crippen LogP contribution >= 0.6 is 34.5 Å². The van der Waals surface area contributed by atoms with E-state index in [1.165, 1.54) is 0 Å². The first-order chi connectivity index (χ1) is 15.6. The van der Waals surface area contributed by atoms with Crippen LogP contribution in [0.15, 0.2) is 72.1 Å². The fraction of sp³-hybridized carbons (Fsp3) is 0. The van der Waals surface area contributed by atoms with Crippen LogP contribution < -0.4 is 10.6 Å². The molecule has 0 saturated heterocycles. The molecule has 2 aromatic carbocycles. The second-order valence-electron chi connectivity index (χ2n) is 6.78. The summed E-state index contributed by atoms with van der Waals surface area (Å²) in [5.41, 5.74) is 3.37. The van der Waals surface area contributed by atoms with Crippen molar-refractivity contribution in [3.8, 4) is 22.0 Å². The van der Waals surface area contributed by atoms with Gasteiger partial charge in [0, 0.05) is 16.9 Å². The molecule has 32 heavy (non-hydrogen) atoms. The number of urea groups is 1. The van der Waals surface area contributed by atoms with Gasteiger partial charge < -0.3 is 10.6 Å². The summed E-state index contributed by atoms with van der Waals surface area (Å²) >= 11 is 13.5. The van der Waals surface area contributed by atoms with Crippen LogP contribution in [-0.4, -0.2) is 25.8 Å².